The van der Waals surface area contributed by atoms with Crippen molar-refractivity contribution in [2.75, 3.05) is 5.32 Å². The summed E-state index contributed by atoms with van der Waals surface area (Å²) in [6.07, 6.45) is 3.94. The molecular formula is C23H20FN5O3S. The van der Waals surface area contributed by atoms with Crippen LogP contribution in [0.2, 0.25) is 0 Å². The zero-order valence-electron chi connectivity index (χ0n) is 17.6. The number of fused-ring (bicyclic) bond motifs is 1. The topological polar surface area (TPSA) is 113 Å². The highest BCUT2D eigenvalue weighted by molar-refractivity contribution is 8.04. The van der Waals surface area contributed by atoms with Crippen LogP contribution in [0.3, 0.4) is 0 Å². The normalized spacial score (nSPS) is 11.6. The van der Waals surface area contributed by atoms with Gasteiger partial charge in [0.1, 0.15) is 23.1 Å². The summed E-state index contributed by atoms with van der Waals surface area (Å²) in [5.41, 5.74) is 1.91. The minimum absolute atomic E-state index is 0.00204. The fourth-order valence-corrected chi connectivity index (χ4v) is 3.98. The maximum Gasteiger partial charge on any atom is 0.342 e. The number of rotatable bonds is 8. The van der Waals surface area contributed by atoms with Gasteiger partial charge in [0.25, 0.3) is 0 Å². The highest BCUT2D eigenvalue weighted by Gasteiger charge is 2.16. The van der Waals surface area contributed by atoms with E-state index in [0.29, 0.717) is 28.7 Å². The van der Waals surface area contributed by atoms with Gasteiger partial charge in [0, 0.05) is 34.8 Å². The zero-order chi connectivity index (χ0) is 23.4. The number of thioether (sulfide) groups is 1. The number of para-hydroxylation sites is 1. The number of halogens is 1. The number of H-pyrrole nitrogens is 1. The summed E-state index contributed by atoms with van der Waals surface area (Å²) in [6.45, 7) is 1.92. The van der Waals surface area contributed by atoms with Crippen molar-refractivity contribution in [1.82, 2.24) is 19.7 Å². The van der Waals surface area contributed by atoms with Crippen molar-refractivity contribution in [2.24, 2.45) is 0 Å². The highest BCUT2D eigenvalue weighted by Crippen LogP contribution is 2.29. The van der Waals surface area contributed by atoms with Crippen molar-refractivity contribution in [3.05, 3.63) is 76.8 Å². The van der Waals surface area contributed by atoms with Crippen molar-refractivity contribution in [3.8, 4) is 0 Å². The van der Waals surface area contributed by atoms with Gasteiger partial charge in [0.2, 0.25) is 11.1 Å². The van der Waals surface area contributed by atoms with Gasteiger partial charge >= 0.3 is 5.97 Å². The van der Waals surface area contributed by atoms with Gasteiger partial charge in [-0.2, -0.15) is 0 Å². The molecule has 0 fully saturated rings. The number of aliphatic carboxylic acids is 1. The van der Waals surface area contributed by atoms with Crippen LogP contribution in [-0.2, 0) is 22.6 Å². The van der Waals surface area contributed by atoms with Gasteiger partial charge in [0.15, 0.2) is 0 Å². The molecule has 0 spiro atoms. The molecule has 2 heterocycles. The third kappa shape index (κ3) is 5.29. The number of hydrogen-bond donors (Lipinski definition) is 3. The second-order valence-electron chi connectivity index (χ2n) is 7.12. The van der Waals surface area contributed by atoms with Crippen molar-refractivity contribution in [3.63, 3.8) is 0 Å². The van der Waals surface area contributed by atoms with Crippen LogP contribution < -0.4 is 5.32 Å². The Hall–Kier alpha value is -3.92. The first-order valence-electron chi connectivity index (χ1n) is 10.1. The molecule has 4 aromatic rings. The molecule has 2 aromatic heterocycles. The number of aryl methyl sites for hydroxylation is 1. The number of aromatic amines is 1. The van der Waals surface area contributed by atoms with Crippen molar-refractivity contribution in [2.45, 2.75) is 25.0 Å². The Labute approximate surface area is 192 Å². The van der Waals surface area contributed by atoms with E-state index in [1.165, 1.54) is 24.3 Å². The minimum atomic E-state index is -1.10. The second kappa shape index (κ2) is 9.70. The van der Waals surface area contributed by atoms with Crippen LogP contribution in [0.1, 0.15) is 18.3 Å². The van der Waals surface area contributed by atoms with Crippen LogP contribution in [0, 0.1) is 5.82 Å². The number of carbonyl (C=O) groups is 2. The summed E-state index contributed by atoms with van der Waals surface area (Å²) in [6, 6.07) is 12.9. The molecule has 0 atom stereocenters. The molecule has 0 saturated heterocycles. The van der Waals surface area contributed by atoms with E-state index in [1.54, 1.807) is 16.8 Å². The standard InChI is InChI=1S/C23H20FN5O3S/c1-2-20-26-23(28-27-20)33-19(22(31)32)11-14-12-29(18-6-4-3-5-17(14)18)13-21(30)25-16-9-7-15(24)8-10-16/h3-12H,2,13H2,1H3,(H,25,30)(H,31,32)(H,26,27,28)/b19-11-. The van der Waals surface area contributed by atoms with E-state index in [4.69, 9.17) is 0 Å². The summed E-state index contributed by atoms with van der Waals surface area (Å²) in [5, 5.41) is 20.4. The van der Waals surface area contributed by atoms with E-state index in [1.807, 2.05) is 31.2 Å². The molecule has 0 aliphatic carbocycles. The first kappa shape index (κ1) is 22.3. The third-order valence-electron chi connectivity index (χ3n) is 4.81. The molecule has 4 rings (SSSR count). The first-order chi connectivity index (χ1) is 15.9. The lowest BCUT2D eigenvalue weighted by Gasteiger charge is -2.07. The molecule has 0 aliphatic rings. The van der Waals surface area contributed by atoms with Crippen LogP contribution in [-0.4, -0.2) is 36.7 Å². The molecule has 0 aliphatic heterocycles. The molecule has 0 radical (unpaired) electrons. The SMILES string of the molecule is CCc1nc(S/C(=C\c2cn(CC(=O)Nc3ccc(F)cc3)c3ccccc23)C(=O)O)n[nH]1. The molecule has 10 heteroatoms. The predicted molar refractivity (Wildman–Crippen MR) is 124 cm³/mol. The average molecular weight is 466 g/mol. The Morgan fingerprint density at radius 2 is 1.97 bits per heavy atom. The van der Waals surface area contributed by atoms with Gasteiger partial charge < -0.3 is 15.0 Å². The molecule has 2 aromatic carbocycles. The molecule has 168 valence electrons. The maximum absolute atomic E-state index is 13.1. The van der Waals surface area contributed by atoms with Crippen LogP contribution in [0.5, 0.6) is 0 Å². The fraction of sp³-hybridized carbons (Fsp3) is 0.130. The molecule has 1 amide bonds. The van der Waals surface area contributed by atoms with Gasteiger partial charge in [-0.25, -0.2) is 14.2 Å². The number of carboxylic acids is 1. The summed E-state index contributed by atoms with van der Waals surface area (Å²) in [4.78, 5) is 28.7. The number of carbonyl (C=O) groups excluding carboxylic acids is 1. The largest absolute Gasteiger partial charge is 0.477 e. The van der Waals surface area contributed by atoms with Crippen LogP contribution >= 0.6 is 11.8 Å². The van der Waals surface area contributed by atoms with E-state index >= 15 is 0 Å². The number of amides is 1. The van der Waals surface area contributed by atoms with Gasteiger partial charge in [0.05, 0.1) is 0 Å². The molecule has 0 unspecified atom stereocenters. The lowest BCUT2D eigenvalue weighted by atomic mass is 10.1. The Balaban J connectivity index is 1.61. The maximum atomic E-state index is 13.1. The van der Waals surface area contributed by atoms with Gasteiger partial charge in [-0.3, -0.25) is 9.89 Å². The molecule has 33 heavy (non-hydrogen) atoms. The molecule has 8 nitrogen and oxygen atoms in total. The Morgan fingerprint density at radius 3 is 2.67 bits per heavy atom. The predicted octanol–water partition coefficient (Wildman–Crippen LogP) is 4.32. The van der Waals surface area contributed by atoms with Crippen LogP contribution in [0.25, 0.3) is 17.0 Å². The van der Waals surface area contributed by atoms with Crippen molar-refractivity contribution < 1.29 is 19.1 Å². The van der Waals surface area contributed by atoms with E-state index in [-0.39, 0.29) is 23.2 Å². The number of nitrogens with zero attached hydrogens (tertiary/aromatic N) is 3. The zero-order valence-corrected chi connectivity index (χ0v) is 18.4. The van der Waals surface area contributed by atoms with Crippen LogP contribution in [0.4, 0.5) is 10.1 Å². The van der Waals surface area contributed by atoms with Crippen molar-refractivity contribution >= 4 is 46.3 Å². The van der Waals surface area contributed by atoms with Crippen molar-refractivity contribution in [1.29, 1.82) is 0 Å². The number of hydrogen-bond acceptors (Lipinski definition) is 5. The monoisotopic (exact) mass is 465 g/mol. The van der Waals surface area contributed by atoms with Gasteiger partial charge in [-0.05, 0) is 48.2 Å². The Bertz CT molecular complexity index is 1340. The quantitative estimate of drug-likeness (QED) is 0.264. The number of nitrogens with one attached hydrogen (secondary N) is 2. The number of aromatic nitrogens is 4. The van der Waals surface area contributed by atoms with E-state index in [9.17, 15) is 19.1 Å². The minimum Gasteiger partial charge on any atom is -0.477 e. The number of anilines is 1. The molecule has 0 saturated carbocycles. The van der Waals surface area contributed by atoms with E-state index in [2.05, 4.69) is 20.5 Å². The lowest BCUT2D eigenvalue weighted by molar-refractivity contribution is -0.131. The summed E-state index contributed by atoms with van der Waals surface area (Å²) < 4.78 is 14.8. The molecule has 3 N–H and O–H groups in total. The van der Waals surface area contributed by atoms with Gasteiger partial charge in [-0.15, -0.1) is 5.10 Å². The Morgan fingerprint density at radius 1 is 1.21 bits per heavy atom. The van der Waals surface area contributed by atoms with E-state index < -0.39 is 5.97 Å². The first-order valence-corrected chi connectivity index (χ1v) is 10.9. The second-order valence-corrected chi connectivity index (χ2v) is 8.13. The van der Waals surface area contributed by atoms with Gasteiger partial charge in [-0.1, -0.05) is 25.1 Å². The van der Waals surface area contributed by atoms with Crippen LogP contribution in [0.15, 0.2) is 64.8 Å². The summed E-state index contributed by atoms with van der Waals surface area (Å²) >= 11 is 0.951. The fourth-order valence-electron chi connectivity index (χ4n) is 3.27. The highest BCUT2D eigenvalue weighted by atomic mass is 32.2. The summed E-state index contributed by atoms with van der Waals surface area (Å²) in [7, 11) is 0. The third-order valence-corrected chi connectivity index (χ3v) is 5.68. The average Bonchev–Trinajstić information content (AvgIpc) is 3.39. The smallest absolute Gasteiger partial charge is 0.342 e. The van der Waals surface area contributed by atoms with E-state index in [0.717, 1.165) is 22.7 Å². The summed E-state index contributed by atoms with van der Waals surface area (Å²) in [5.74, 6) is -1.11. The lowest BCUT2D eigenvalue weighted by Crippen LogP contribution is -2.18. The molecule has 0 bridgehead atoms. The molecular weight excluding hydrogens is 445 g/mol. The Kier molecular flexibility index (Phi) is 6.55. The number of benzene rings is 2. The number of carboxylic acid groups (broad SMARTS) is 1.